The highest BCUT2D eigenvalue weighted by atomic mass is 35.5. The van der Waals surface area contributed by atoms with E-state index in [0.29, 0.717) is 10.0 Å². The van der Waals surface area contributed by atoms with E-state index in [-0.39, 0.29) is 18.5 Å². The smallest absolute Gasteiger partial charge is 0.0950 e. The van der Waals surface area contributed by atoms with E-state index in [1.807, 2.05) is 12.1 Å². The maximum Gasteiger partial charge on any atom is 0.0950 e. The molecule has 1 aliphatic rings. The molecule has 1 atom stereocenters. The molecule has 1 fully saturated rings. The van der Waals surface area contributed by atoms with Gasteiger partial charge >= 0.3 is 0 Å². The van der Waals surface area contributed by atoms with Crippen LogP contribution in [0.2, 0.25) is 10.0 Å². The Labute approximate surface area is 105 Å². The van der Waals surface area contributed by atoms with Crippen LogP contribution in [0.5, 0.6) is 0 Å². The minimum Gasteiger partial charge on any atom is -0.371 e. The second-order valence-electron chi connectivity index (χ2n) is 3.27. The highest BCUT2D eigenvalue weighted by molar-refractivity contribution is 6.34. The topological polar surface area (TPSA) is 21.3 Å². The Bertz CT molecular complexity index is 306. The van der Waals surface area contributed by atoms with E-state index in [1.54, 1.807) is 6.07 Å². The fourth-order valence-electron chi connectivity index (χ4n) is 1.54. The largest absolute Gasteiger partial charge is 0.371 e. The van der Waals surface area contributed by atoms with Gasteiger partial charge in [0.15, 0.2) is 0 Å². The van der Waals surface area contributed by atoms with Gasteiger partial charge in [0.1, 0.15) is 0 Å². The van der Waals surface area contributed by atoms with Crippen LogP contribution >= 0.6 is 35.6 Å². The fourth-order valence-corrected chi connectivity index (χ4v) is 2.08. The molecule has 0 radical (unpaired) electrons. The average molecular weight is 269 g/mol. The number of hydrogen-bond acceptors (Lipinski definition) is 2. The lowest BCUT2D eigenvalue weighted by atomic mass is 10.1. The molecule has 1 heterocycles. The van der Waals surface area contributed by atoms with Crippen LogP contribution in [0.25, 0.3) is 0 Å². The maximum absolute atomic E-state index is 5.91. The maximum atomic E-state index is 5.91. The van der Waals surface area contributed by atoms with Crippen molar-refractivity contribution in [3.8, 4) is 0 Å². The molecule has 1 aromatic rings. The zero-order chi connectivity index (χ0) is 9.97. The van der Waals surface area contributed by atoms with Gasteiger partial charge in [-0.05, 0) is 23.8 Å². The summed E-state index contributed by atoms with van der Waals surface area (Å²) in [5, 5.41) is 4.57. The molecule has 0 aromatic heterocycles. The number of morpholine rings is 1. The van der Waals surface area contributed by atoms with E-state index < -0.39 is 0 Å². The zero-order valence-electron chi connectivity index (χ0n) is 8.00. The molecule has 0 aliphatic carbocycles. The molecule has 15 heavy (non-hydrogen) atoms. The summed E-state index contributed by atoms with van der Waals surface area (Å²) in [5.74, 6) is 0. The first-order valence-corrected chi connectivity index (χ1v) is 5.29. The van der Waals surface area contributed by atoms with Crippen LogP contribution in [0.15, 0.2) is 18.2 Å². The predicted molar refractivity (Wildman–Crippen MR) is 65.3 cm³/mol. The Kier molecular flexibility index (Phi) is 5.16. The van der Waals surface area contributed by atoms with Crippen LogP contribution in [-0.2, 0) is 4.74 Å². The van der Waals surface area contributed by atoms with E-state index in [0.717, 1.165) is 25.3 Å². The molecule has 0 bridgehead atoms. The summed E-state index contributed by atoms with van der Waals surface area (Å²) in [6.07, 6.45) is 0.0694. The lowest BCUT2D eigenvalue weighted by molar-refractivity contribution is 0.0277. The van der Waals surface area contributed by atoms with Crippen LogP contribution in [0.4, 0.5) is 0 Å². The Morgan fingerprint density at radius 1 is 1.20 bits per heavy atom. The Morgan fingerprint density at radius 3 is 2.40 bits per heavy atom. The van der Waals surface area contributed by atoms with Gasteiger partial charge in [-0.1, -0.05) is 23.2 Å². The van der Waals surface area contributed by atoms with Crippen molar-refractivity contribution in [2.24, 2.45) is 0 Å². The number of benzene rings is 1. The third-order valence-corrected chi connectivity index (χ3v) is 2.62. The molecule has 1 unspecified atom stereocenters. The highest BCUT2D eigenvalue weighted by Crippen LogP contribution is 2.25. The van der Waals surface area contributed by atoms with Crippen LogP contribution < -0.4 is 5.32 Å². The number of rotatable bonds is 1. The van der Waals surface area contributed by atoms with E-state index in [9.17, 15) is 0 Å². The summed E-state index contributed by atoms with van der Waals surface area (Å²) >= 11 is 11.8. The first-order chi connectivity index (χ1) is 6.75. The monoisotopic (exact) mass is 267 g/mol. The van der Waals surface area contributed by atoms with E-state index in [2.05, 4.69) is 5.32 Å². The molecule has 0 amide bonds. The standard InChI is InChI=1S/C10H11Cl2NO.ClH/c11-8-3-7(4-9(12)5-8)10-6-13-1-2-14-10;/h3-5,10,13H,1-2,6H2;1H. The summed E-state index contributed by atoms with van der Waals surface area (Å²) in [5.41, 5.74) is 1.04. The summed E-state index contributed by atoms with van der Waals surface area (Å²) < 4.78 is 5.59. The first kappa shape index (κ1) is 13.1. The van der Waals surface area contributed by atoms with Crippen molar-refractivity contribution in [1.29, 1.82) is 0 Å². The van der Waals surface area contributed by atoms with Crippen molar-refractivity contribution in [3.05, 3.63) is 33.8 Å². The van der Waals surface area contributed by atoms with Crippen LogP contribution in [-0.4, -0.2) is 19.7 Å². The van der Waals surface area contributed by atoms with Gasteiger partial charge in [0, 0.05) is 23.1 Å². The van der Waals surface area contributed by atoms with Gasteiger partial charge in [-0.25, -0.2) is 0 Å². The summed E-state index contributed by atoms with van der Waals surface area (Å²) in [6.45, 7) is 2.45. The molecule has 2 rings (SSSR count). The van der Waals surface area contributed by atoms with Gasteiger partial charge in [0.05, 0.1) is 12.7 Å². The lowest BCUT2D eigenvalue weighted by Gasteiger charge is -2.24. The minimum atomic E-state index is 0. The molecule has 84 valence electrons. The average Bonchev–Trinajstić information content (AvgIpc) is 2.18. The third kappa shape index (κ3) is 3.51. The van der Waals surface area contributed by atoms with Crippen molar-refractivity contribution >= 4 is 35.6 Å². The van der Waals surface area contributed by atoms with Crippen LogP contribution in [0, 0.1) is 0 Å². The predicted octanol–water partition coefficient (Wildman–Crippen LogP) is 3.08. The van der Waals surface area contributed by atoms with Gasteiger partial charge < -0.3 is 10.1 Å². The molecule has 0 saturated carbocycles. The summed E-state index contributed by atoms with van der Waals surface area (Å²) in [4.78, 5) is 0. The van der Waals surface area contributed by atoms with Crippen LogP contribution in [0.3, 0.4) is 0 Å². The first-order valence-electron chi connectivity index (χ1n) is 4.54. The second-order valence-corrected chi connectivity index (χ2v) is 4.14. The molecule has 1 aromatic carbocycles. The SMILES string of the molecule is Cl.Clc1cc(Cl)cc(C2CNCCO2)c1. The van der Waals surface area contributed by atoms with E-state index in [1.165, 1.54) is 0 Å². The summed E-state index contributed by atoms with van der Waals surface area (Å²) in [6, 6.07) is 5.51. The zero-order valence-corrected chi connectivity index (χ0v) is 10.3. The highest BCUT2D eigenvalue weighted by Gasteiger charge is 2.16. The molecule has 5 heteroatoms. The number of ether oxygens (including phenoxy) is 1. The Hall–Kier alpha value is 0.01000. The van der Waals surface area contributed by atoms with E-state index in [4.69, 9.17) is 27.9 Å². The Balaban J connectivity index is 0.00000112. The van der Waals surface area contributed by atoms with Gasteiger partial charge in [0.25, 0.3) is 0 Å². The van der Waals surface area contributed by atoms with E-state index >= 15 is 0 Å². The molecular formula is C10H12Cl3NO. The van der Waals surface area contributed by atoms with Gasteiger partial charge in [-0.15, -0.1) is 12.4 Å². The second kappa shape index (κ2) is 5.92. The number of halogens is 3. The molecule has 1 N–H and O–H groups in total. The van der Waals surface area contributed by atoms with Crippen molar-refractivity contribution in [1.82, 2.24) is 5.32 Å². The van der Waals surface area contributed by atoms with Gasteiger partial charge in [0.2, 0.25) is 0 Å². The van der Waals surface area contributed by atoms with Crippen LogP contribution in [0.1, 0.15) is 11.7 Å². The lowest BCUT2D eigenvalue weighted by Crippen LogP contribution is -2.33. The number of nitrogens with one attached hydrogen (secondary N) is 1. The van der Waals surface area contributed by atoms with Gasteiger partial charge in [-0.3, -0.25) is 0 Å². The van der Waals surface area contributed by atoms with Crippen molar-refractivity contribution < 1.29 is 4.74 Å². The molecule has 0 spiro atoms. The quantitative estimate of drug-likeness (QED) is 0.845. The van der Waals surface area contributed by atoms with Gasteiger partial charge in [-0.2, -0.15) is 0 Å². The fraction of sp³-hybridized carbons (Fsp3) is 0.400. The molecule has 1 saturated heterocycles. The molecule has 2 nitrogen and oxygen atoms in total. The normalized spacial score (nSPS) is 20.8. The molecular weight excluding hydrogens is 256 g/mol. The Morgan fingerprint density at radius 2 is 1.87 bits per heavy atom. The third-order valence-electron chi connectivity index (χ3n) is 2.18. The van der Waals surface area contributed by atoms with Crippen molar-refractivity contribution in [2.45, 2.75) is 6.10 Å². The molecule has 1 aliphatic heterocycles. The summed E-state index contributed by atoms with van der Waals surface area (Å²) in [7, 11) is 0. The minimum absolute atomic E-state index is 0. The number of hydrogen-bond donors (Lipinski definition) is 1. The van der Waals surface area contributed by atoms with Crippen molar-refractivity contribution in [3.63, 3.8) is 0 Å². The van der Waals surface area contributed by atoms with Crippen molar-refractivity contribution in [2.75, 3.05) is 19.7 Å².